The summed E-state index contributed by atoms with van der Waals surface area (Å²) in [4.78, 5) is 11.4. The number of aliphatic imine (C=N–C) groups is 2. The molecule has 10 nitrogen and oxygen atoms in total. The maximum Gasteiger partial charge on any atom is 0.125 e. The predicted octanol–water partition coefficient (Wildman–Crippen LogP) is 5.30. The Balaban J connectivity index is 1.62. The highest BCUT2D eigenvalue weighted by Crippen LogP contribution is 2.28. The topological polar surface area (TPSA) is 146 Å². The van der Waals surface area contributed by atoms with Crippen LogP contribution < -0.4 is 9.80 Å². The molecule has 0 unspecified atom stereocenters. The van der Waals surface area contributed by atoms with Gasteiger partial charge in [-0.05, 0) is 70.8 Å². The second-order valence-electron chi connectivity index (χ2n) is 10.2. The number of anilines is 2. The fourth-order valence-corrected chi connectivity index (χ4v) is 5.49. The third-order valence-electron chi connectivity index (χ3n) is 6.52. The molecule has 0 atom stereocenters. The highest BCUT2D eigenvalue weighted by atomic mass is 32.2. The monoisotopic (exact) mass is 630 g/mol. The molecule has 4 aromatic carbocycles. The number of benzene rings is 4. The molecule has 228 valence electrons. The highest BCUT2D eigenvalue weighted by Gasteiger charge is 2.11. The molecule has 0 spiro atoms. The first kappa shape index (κ1) is 32.3. The van der Waals surface area contributed by atoms with Crippen LogP contribution in [0.25, 0.3) is 12.2 Å². The Morgan fingerprint density at radius 3 is 1.18 bits per heavy atom. The Kier molecular flexibility index (Phi) is 9.80. The first-order valence-corrected chi connectivity index (χ1v) is 16.0. The van der Waals surface area contributed by atoms with E-state index in [4.69, 9.17) is 0 Å². The maximum atomic E-state index is 12.1. The van der Waals surface area contributed by atoms with Crippen LogP contribution in [0, 0.1) is 0 Å². The summed E-state index contributed by atoms with van der Waals surface area (Å²) in [5.74, 6) is 0. The van der Waals surface area contributed by atoms with Gasteiger partial charge in [-0.1, -0.05) is 48.6 Å². The molecule has 0 N–H and O–H groups in total. The van der Waals surface area contributed by atoms with E-state index in [9.17, 15) is 25.9 Å². The van der Waals surface area contributed by atoms with Crippen LogP contribution in [0.4, 0.5) is 22.7 Å². The number of hydrogen-bond donors (Lipinski definition) is 0. The summed E-state index contributed by atoms with van der Waals surface area (Å²) in [6.45, 7) is 0. The molecule has 0 radical (unpaired) electrons. The van der Waals surface area contributed by atoms with Crippen molar-refractivity contribution in [2.24, 2.45) is 9.98 Å². The van der Waals surface area contributed by atoms with Gasteiger partial charge < -0.3 is 18.9 Å². The zero-order chi connectivity index (χ0) is 32.1. The van der Waals surface area contributed by atoms with E-state index in [1.165, 1.54) is 36.4 Å². The van der Waals surface area contributed by atoms with Crippen molar-refractivity contribution in [1.82, 2.24) is 0 Å². The van der Waals surface area contributed by atoms with Gasteiger partial charge in [0, 0.05) is 52.0 Å². The summed E-state index contributed by atoms with van der Waals surface area (Å²) in [5, 5.41) is 0. The van der Waals surface area contributed by atoms with Crippen LogP contribution in [0.5, 0.6) is 0 Å². The highest BCUT2D eigenvalue weighted by molar-refractivity contribution is 7.86. The Labute approximate surface area is 257 Å². The van der Waals surface area contributed by atoms with E-state index >= 15 is 0 Å². The molecular weight excluding hydrogens is 601 g/mol. The lowest BCUT2D eigenvalue weighted by molar-refractivity contribution is 0.460. The van der Waals surface area contributed by atoms with Crippen molar-refractivity contribution in [2.75, 3.05) is 38.0 Å². The van der Waals surface area contributed by atoms with Crippen molar-refractivity contribution >= 4 is 67.6 Å². The van der Waals surface area contributed by atoms with Crippen molar-refractivity contribution in [3.05, 3.63) is 107 Å². The molecule has 0 aliphatic carbocycles. The molecule has 0 aliphatic rings. The molecule has 4 aromatic rings. The molecule has 0 saturated carbocycles. The molecule has 4 rings (SSSR count). The zero-order valence-corrected chi connectivity index (χ0v) is 26.1. The van der Waals surface area contributed by atoms with Crippen LogP contribution in [-0.2, 0) is 20.2 Å². The number of hydrogen-bond acceptors (Lipinski definition) is 10. The molecule has 0 aromatic heterocycles. The van der Waals surface area contributed by atoms with Crippen molar-refractivity contribution in [3.8, 4) is 0 Å². The Bertz CT molecular complexity index is 1810. The van der Waals surface area contributed by atoms with Crippen LogP contribution >= 0.6 is 0 Å². The molecule has 0 fully saturated rings. The summed E-state index contributed by atoms with van der Waals surface area (Å²) in [5.41, 5.74) is 4.02. The van der Waals surface area contributed by atoms with Crippen molar-refractivity contribution in [2.45, 2.75) is 9.79 Å². The second-order valence-corrected chi connectivity index (χ2v) is 12.9. The molecule has 0 amide bonds. The minimum absolute atomic E-state index is 0.00630. The summed E-state index contributed by atoms with van der Waals surface area (Å²) in [6.07, 6.45) is 5.61. The lowest BCUT2D eigenvalue weighted by atomic mass is 10.1. The Morgan fingerprint density at radius 1 is 0.545 bits per heavy atom. The third kappa shape index (κ3) is 8.48. The smallest absolute Gasteiger partial charge is 0.125 e. The average molecular weight is 631 g/mol. The van der Waals surface area contributed by atoms with Crippen molar-refractivity contribution < 1.29 is 25.9 Å². The summed E-state index contributed by atoms with van der Waals surface area (Å²) in [6, 6.07) is 23.1. The third-order valence-corrected chi connectivity index (χ3v) is 8.30. The largest absolute Gasteiger partial charge is 0.744 e. The van der Waals surface area contributed by atoms with Gasteiger partial charge in [-0.15, -0.1) is 0 Å². The van der Waals surface area contributed by atoms with E-state index in [2.05, 4.69) is 9.98 Å². The first-order chi connectivity index (χ1) is 20.7. The van der Waals surface area contributed by atoms with Crippen molar-refractivity contribution in [3.63, 3.8) is 0 Å². The SMILES string of the molecule is CN(C)c1ccc(C=Nc2ccc(C=Cc3ccc(N=Cc4ccc(N(C)C)cc4)cc3S(=O)(=O)[O-])c(S(=O)(=O)[O-])c2)cc1. The summed E-state index contributed by atoms with van der Waals surface area (Å²) in [7, 11) is -2.18. The van der Waals surface area contributed by atoms with Gasteiger partial charge in [-0.2, -0.15) is 0 Å². The standard InChI is InChI=1S/C32H32N4O6S2/c1-35(2)29-15-5-23(6-16-29)21-33-27-13-11-25(31(19-27)43(37,38)39)9-10-26-12-14-28(20-32(26)44(40,41)42)34-22-24-7-17-30(18-8-24)36(3)4/h5-22H,1-4H3,(H,37,38,39)(H,40,41,42)/p-2. The fraction of sp³-hybridized carbons (Fsp3) is 0.125. The van der Waals surface area contributed by atoms with Gasteiger partial charge in [0.05, 0.1) is 21.2 Å². The van der Waals surface area contributed by atoms with Crippen LogP contribution in [0.3, 0.4) is 0 Å². The lowest BCUT2D eigenvalue weighted by Gasteiger charge is -2.13. The minimum Gasteiger partial charge on any atom is -0.744 e. The molecular formula is C32H30N4O6S2-2. The van der Waals surface area contributed by atoms with Crippen LogP contribution in [0.1, 0.15) is 22.3 Å². The molecule has 44 heavy (non-hydrogen) atoms. The quantitative estimate of drug-likeness (QED) is 0.130. The van der Waals surface area contributed by atoms with Gasteiger partial charge in [-0.3, -0.25) is 9.98 Å². The van der Waals surface area contributed by atoms with Crippen LogP contribution in [0.15, 0.2) is 105 Å². The molecule has 0 aliphatic heterocycles. The summed E-state index contributed by atoms with van der Waals surface area (Å²) < 4.78 is 72.6. The van der Waals surface area contributed by atoms with E-state index in [0.717, 1.165) is 34.6 Å². The minimum atomic E-state index is -4.93. The normalized spacial score (nSPS) is 12.4. The van der Waals surface area contributed by atoms with E-state index in [1.54, 1.807) is 12.4 Å². The average Bonchev–Trinajstić information content (AvgIpc) is 2.97. The summed E-state index contributed by atoms with van der Waals surface area (Å²) >= 11 is 0. The van der Waals surface area contributed by atoms with Crippen molar-refractivity contribution in [1.29, 1.82) is 0 Å². The molecule has 0 bridgehead atoms. The van der Waals surface area contributed by atoms with Crippen LogP contribution in [0.2, 0.25) is 0 Å². The fourth-order valence-electron chi connectivity index (χ4n) is 4.11. The number of nitrogens with zero attached hydrogens (tertiary/aromatic N) is 4. The Morgan fingerprint density at radius 2 is 0.886 bits per heavy atom. The first-order valence-electron chi connectivity index (χ1n) is 13.2. The van der Waals surface area contributed by atoms with Gasteiger partial charge >= 0.3 is 0 Å². The van der Waals surface area contributed by atoms with E-state index in [0.29, 0.717) is 0 Å². The Hall–Kier alpha value is -4.62. The van der Waals surface area contributed by atoms with E-state index in [1.807, 2.05) is 86.5 Å². The molecule has 0 heterocycles. The van der Waals surface area contributed by atoms with Gasteiger partial charge in [0.1, 0.15) is 20.2 Å². The maximum absolute atomic E-state index is 12.1. The second kappa shape index (κ2) is 13.3. The van der Waals surface area contributed by atoms with Gasteiger partial charge in [-0.25, -0.2) is 16.8 Å². The van der Waals surface area contributed by atoms with E-state index < -0.39 is 30.0 Å². The zero-order valence-electron chi connectivity index (χ0n) is 24.4. The molecule has 0 saturated heterocycles. The lowest BCUT2D eigenvalue weighted by Crippen LogP contribution is -2.08. The van der Waals surface area contributed by atoms with Gasteiger partial charge in [0.25, 0.3) is 0 Å². The van der Waals surface area contributed by atoms with E-state index in [-0.39, 0.29) is 22.5 Å². The predicted molar refractivity (Wildman–Crippen MR) is 174 cm³/mol. The number of rotatable bonds is 10. The molecule has 12 heteroatoms. The van der Waals surface area contributed by atoms with Crippen LogP contribution in [-0.4, -0.2) is 66.6 Å². The van der Waals surface area contributed by atoms with Gasteiger partial charge in [0.15, 0.2) is 0 Å². The van der Waals surface area contributed by atoms with Gasteiger partial charge in [0.2, 0.25) is 0 Å².